The molecular formula is C17H12ClFN2O. The van der Waals surface area contributed by atoms with E-state index in [2.05, 4.69) is 4.98 Å². The lowest BCUT2D eigenvalue weighted by Gasteiger charge is -2.09. The third-order valence-electron chi connectivity index (χ3n) is 3.33. The van der Waals surface area contributed by atoms with Gasteiger partial charge in [0.2, 0.25) is 0 Å². The Bertz CT molecular complexity index is 852. The van der Waals surface area contributed by atoms with Gasteiger partial charge in [-0.3, -0.25) is 0 Å². The van der Waals surface area contributed by atoms with Gasteiger partial charge in [0.25, 0.3) is 0 Å². The SMILES string of the molecule is Nc1ncc(-c2ccc(F)c(Cl)c2)cc1-c1cccc(O)c1. The van der Waals surface area contributed by atoms with Crippen LogP contribution in [-0.4, -0.2) is 10.1 Å². The van der Waals surface area contributed by atoms with Crippen molar-refractivity contribution < 1.29 is 9.50 Å². The summed E-state index contributed by atoms with van der Waals surface area (Å²) in [6.45, 7) is 0. The summed E-state index contributed by atoms with van der Waals surface area (Å²) in [5.41, 5.74) is 8.86. The second-order valence-electron chi connectivity index (χ2n) is 4.84. The van der Waals surface area contributed by atoms with E-state index in [1.54, 1.807) is 30.5 Å². The predicted molar refractivity (Wildman–Crippen MR) is 86.2 cm³/mol. The molecule has 1 heterocycles. The number of nitrogens with zero attached hydrogens (tertiary/aromatic N) is 1. The molecule has 0 aliphatic carbocycles. The van der Waals surface area contributed by atoms with Crippen LogP contribution in [0.2, 0.25) is 5.02 Å². The number of hydrogen-bond acceptors (Lipinski definition) is 3. The van der Waals surface area contributed by atoms with Gasteiger partial charge in [0.05, 0.1) is 5.02 Å². The Morgan fingerprint density at radius 1 is 1.00 bits per heavy atom. The molecule has 0 radical (unpaired) electrons. The minimum Gasteiger partial charge on any atom is -0.508 e. The van der Waals surface area contributed by atoms with Gasteiger partial charge < -0.3 is 10.8 Å². The van der Waals surface area contributed by atoms with Crippen LogP contribution in [0.5, 0.6) is 5.75 Å². The van der Waals surface area contributed by atoms with Crippen molar-refractivity contribution in [2.24, 2.45) is 0 Å². The van der Waals surface area contributed by atoms with Crippen LogP contribution in [0.3, 0.4) is 0 Å². The predicted octanol–water partition coefficient (Wildman–Crippen LogP) is 4.50. The van der Waals surface area contributed by atoms with Crippen LogP contribution >= 0.6 is 11.6 Å². The fraction of sp³-hybridized carbons (Fsp3) is 0. The highest BCUT2D eigenvalue weighted by atomic mass is 35.5. The highest BCUT2D eigenvalue weighted by Gasteiger charge is 2.09. The Balaban J connectivity index is 2.12. The lowest BCUT2D eigenvalue weighted by Crippen LogP contribution is -1.95. The largest absolute Gasteiger partial charge is 0.508 e. The molecule has 22 heavy (non-hydrogen) atoms. The first-order valence-corrected chi connectivity index (χ1v) is 6.93. The molecule has 0 amide bonds. The molecule has 0 unspecified atom stereocenters. The van der Waals surface area contributed by atoms with Crippen LogP contribution in [0.1, 0.15) is 0 Å². The molecule has 0 atom stereocenters. The van der Waals surface area contributed by atoms with Crippen molar-refractivity contribution in [1.29, 1.82) is 0 Å². The van der Waals surface area contributed by atoms with E-state index in [4.69, 9.17) is 17.3 Å². The van der Waals surface area contributed by atoms with Gasteiger partial charge in [-0.1, -0.05) is 29.8 Å². The Labute approximate surface area is 131 Å². The molecule has 2 aromatic carbocycles. The molecule has 0 fully saturated rings. The van der Waals surface area contributed by atoms with Crippen LogP contribution in [0.15, 0.2) is 54.7 Å². The summed E-state index contributed by atoms with van der Waals surface area (Å²) in [7, 11) is 0. The zero-order valence-corrected chi connectivity index (χ0v) is 12.2. The topological polar surface area (TPSA) is 59.1 Å². The number of nitrogen functional groups attached to an aromatic ring is 1. The number of halogens is 2. The molecule has 0 aliphatic rings. The van der Waals surface area contributed by atoms with Crippen molar-refractivity contribution in [3.63, 3.8) is 0 Å². The number of phenolic OH excluding ortho intramolecular Hbond substituents is 1. The molecule has 3 nitrogen and oxygen atoms in total. The van der Waals surface area contributed by atoms with Gasteiger partial charge in [-0.05, 0) is 41.5 Å². The van der Waals surface area contributed by atoms with Crippen LogP contribution in [0.4, 0.5) is 10.2 Å². The number of nitrogens with two attached hydrogens (primary N) is 1. The Morgan fingerprint density at radius 3 is 2.55 bits per heavy atom. The molecule has 0 spiro atoms. The van der Waals surface area contributed by atoms with Gasteiger partial charge in [-0.25, -0.2) is 9.37 Å². The van der Waals surface area contributed by atoms with Gasteiger partial charge in [-0.15, -0.1) is 0 Å². The fourth-order valence-corrected chi connectivity index (χ4v) is 2.39. The van der Waals surface area contributed by atoms with Crippen LogP contribution in [0, 0.1) is 5.82 Å². The Morgan fingerprint density at radius 2 is 1.82 bits per heavy atom. The first-order chi connectivity index (χ1) is 10.5. The smallest absolute Gasteiger partial charge is 0.141 e. The average molecular weight is 315 g/mol. The third kappa shape index (κ3) is 2.73. The summed E-state index contributed by atoms with van der Waals surface area (Å²) in [5.74, 6) is 0.0247. The summed E-state index contributed by atoms with van der Waals surface area (Å²) < 4.78 is 13.3. The molecule has 0 saturated heterocycles. The second-order valence-corrected chi connectivity index (χ2v) is 5.24. The van der Waals surface area contributed by atoms with Gasteiger partial charge >= 0.3 is 0 Å². The number of aromatic nitrogens is 1. The first kappa shape index (κ1) is 14.4. The molecule has 5 heteroatoms. The highest BCUT2D eigenvalue weighted by Crippen LogP contribution is 2.32. The highest BCUT2D eigenvalue weighted by molar-refractivity contribution is 6.31. The second kappa shape index (κ2) is 5.66. The maximum absolute atomic E-state index is 13.3. The number of benzene rings is 2. The maximum Gasteiger partial charge on any atom is 0.141 e. The number of rotatable bonds is 2. The normalized spacial score (nSPS) is 10.6. The summed E-state index contributed by atoms with van der Waals surface area (Å²) in [6, 6.07) is 13.0. The number of phenols is 1. The van der Waals surface area contributed by atoms with E-state index in [1.807, 2.05) is 12.1 Å². The maximum atomic E-state index is 13.3. The van der Waals surface area contributed by atoms with Crippen LogP contribution < -0.4 is 5.73 Å². The van der Waals surface area contributed by atoms with Crippen LogP contribution in [-0.2, 0) is 0 Å². The number of hydrogen-bond donors (Lipinski definition) is 2. The molecule has 3 rings (SSSR count). The van der Waals surface area contributed by atoms with Gasteiger partial charge in [0.1, 0.15) is 17.4 Å². The Hall–Kier alpha value is -2.59. The summed E-state index contributed by atoms with van der Waals surface area (Å²) >= 11 is 5.82. The van der Waals surface area contributed by atoms with E-state index in [0.29, 0.717) is 11.4 Å². The van der Waals surface area contributed by atoms with Crippen molar-refractivity contribution >= 4 is 17.4 Å². The molecule has 110 valence electrons. The van der Waals surface area contributed by atoms with E-state index >= 15 is 0 Å². The molecule has 0 saturated carbocycles. The van der Waals surface area contributed by atoms with E-state index in [1.165, 1.54) is 12.1 Å². The monoisotopic (exact) mass is 314 g/mol. The van der Waals surface area contributed by atoms with Crippen molar-refractivity contribution in [3.8, 4) is 28.0 Å². The lowest BCUT2D eigenvalue weighted by atomic mass is 10.0. The van der Waals surface area contributed by atoms with Gasteiger partial charge in [-0.2, -0.15) is 0 Å². The number of pyridine rings is 1. The Kier molecular flexibility index (Phi) is 3.69. The van der Waals surface area contributed by atoms with Gasteiger partial charge in [0.15, 0.2) is 0 Å². The minimum absolute atomic E-state index is 0.0493. The molecule has 0 aliphatic heterocycles. The standard InChI is InChI=1S/C17H12ClFN2O/c18-15-8-10(4-5-16(15)19)12-7-14(17(20)21-9-12)11-2-1-3-13(22)6-11/h1-9,22H,(H2,20,21). The van der Waals surface area contributed by atoms with Crippen LogP contribution in [0.25, 0.3) is 22.3 Å². The molecular weight excluding hydrogens is 303 g/mol. The lowest BCUT2D eigenvalue weighted by molar-refractivity contribution is 0.475. The average Bonchev–Trinajstić information content (AvgIpc) is 2.50. The summed E-state index contributed by atoms with van der Waals surface area (Å²) in [5, 5.41) is 9.65. The minimum atomic E-state index is -0.470. The van der Waals surface area contributed by atoms with Crippen molar-refractivity contribution in [1.82, 2.24) is 4.98 Å². The molecule has 3 aromatic rings. The van der Waals surface area contributed by atoms with E-state index < -0.39 is 5.82 Å². The number of anilines is 1. The van der Waals surface area contributed by atoms with E-state index in [0.717, 1.165) is 16.7 Å². The summed E-state index contributed by atoms with van der Waals surface area (Å²) in [4.78, 5) is 4.17. The number of aromatic hydroxyl groups is 1. The quantitative estimate of drug-likeness (QED) is 0.732. The molecule has 0 bridgehead atoms. The van der Waals surface area contributed by atoms with Crippen molar-refractivity contribution in [3.05, 3.63) is 65.6 Å². The van der Waals surface area contributed by atoms with Crippen molar-refractivity contribution in [2.75, 3.05) is 5.73 Å². The van der Waals surface area contributed by atoms with Gasteiger partial charge in [0, 0.05) is 17.3 Å². The summed E-state index contributed by atoms with van der Waals surface area (Å²) in [6.07, 6.45) is 1.60. The zero-order chi connectivity index (χ0) is 15.7. The van der Waals surface area contributed by atoms with E-state index in [-0.39, 0.29) is 10.8 Å². The molecule has 3 N–H and O–H groups in total. The third-order valence-corrected chi connectivity index (χ3v) is 3.62. The first-order valence-electron chi connectivity index (χ1n) is 6.55. The van der Waals surface area contributed by atoms with Crippen molar-refractivity contribution in [2.45, 2.75) is 0 Å². The fourth-order valence-electron chi connectivity index (χ4n) is 2.21. The van der Waals surface area contributed by atoms with E-state index in [9.17, 15) is 9.50 Å². The molecule has 1 aromatic heterocycles. The zero-order valence-electron chi connectivity index (χ0n) is 11.4.